The predicted octanol–water partition coefficient (Wildman–Crippen LogP) is 7.99. The van der Waals surface area contributed by atoms with E-state index >= 15 is 0 Å². The highest BCUT2D eigenvalue weighted by Gasteiger charge is 2.38. The summed E-state index contributed by atoms with van der Waals surface area (Å²) in [6, 6.07) is 18.6. The third-order valence-electron chi connectivity index (χ3n) is 8.58. The Kier molecular flexibility index (Phi) is 9.14. The van der Waals surface area contributed by atoms with E-state index in [9.17, 15) is 9.90 Å². The Labute approximate surface area is 256 Å². The minimum atomic E-state index is -1.16. The van der Waals surface area contributed by atoms with Crippen molar-refractivity contribution in [3.8, 4) is 16.9 Å². The van der Waals surface area contributed by atoms with E-state index in [1.807, 2.05) is 52.8 Å². The lowest BCUT2D eigenvalue weighted by atomic mass is 9.89. The second-order valence-corrected chi connectivity index (χ2v) is 13.2. The van der Waals surface area contributed by atoms with Gasteiger partial charge in [-0.05, 0) is 96.9 Å². The number of carboxylic acid groups (broad SMARTS) is 1. The van der Waals surface area contributed by atoms with E-state index in [0.717, 1.165) is 79.0 Å². The number of ether oxygens (including phenoxy) is 3. The third-order valence-corrected chi connectivity index (χ3v) is 8.58. The Bertz CT molecular complexity index is 1410. The van der Waals surface area contributed by atoms with Crippen molar-refractivity contribution >= 4 is 11.7 Å². The number of aryl methyl sites for hydroxylation is 2. The molecule has 1 fully saturated rings. The molecule has 43 heavy (non-hydrogen) atoms. The summed E-state index contributed by atoms with van der Waals surface area (Å²) in [6.07, 6.45) is 3.34. The summed E-state index contributed by atoms with van der Waals surface area (Å²) in [5.41, 5.74) is 5.22. The van der Waals surface area contributed by atoms with E-state index in [1.165, 1.54) is 0 Å². The lowest BCUT2D eigenvalue weighted by Crippen LogP contribution is -2.45. The molecule has 4 aliphatic rings. The molecular formula is C36H46N2O5. The number of carbonyl (C=O) groups is 1. The molecule has 0 radical (unpaired) electrons. The van der Waals surface area contributed by atoms with Gasteiger partial charge in [-0.1, -0.05) is 42.5 Å². The first-order valence-electron chi connectivity index (χ1n) is 15.6. The van der Waals surface area contributed by atoms with Gasteiger partial charge in [0.15, 0.2) is 6.10 Å². The number of piperidine rings is 1. The zero-order valence-electron chi connectivity index (χ0n) is 26.5. The molecule has 4 bridgehead atoms. The molecule has 5 heterocycles. The molecule has 230 valence electrons. The lowest BCUT2D eigenvalue weighted by molar-refractivity contribution is -0.160. The molecule has 2 atom stereocenters. The number of carboxylic acids is 1. The van der Waals surface area contributed by atoms with Gasteiger partial charge in [-0.3, -0.25) is 4.98 Å². The van der Waals surface area contributed by atoms with Gasteiger partial charge < -0.3 is 24.2 Å². The molecule has 1 saturated heterocycles. The summed E-state index contributed by atoms with van der Waals surface area (Å²) in [5, 5.41) is 10.5. The van der Waals surface area contributed by atoms with E-state index < -0.39 is 17.7 Å². The van der Waals surface area contributed by atoms with Crippen molar-refractivity contribution in [2.24, 2.45) is 0 Å². The van der Waals surface area contributed by atoms with Crippen molar-refractivity contribution in [1.82, 2.24) is 4.98 Å². The number of aromatic nitrogens is 1. The number of aliphatic carboxylic acids is 1. The molecule has 7 nitrogen and oxygen atoms in total. The molecule has 4 aliphatic heterocycles. The number of rotatable bonds is 4. The second kappa shape index (κ2) is 12.7. The quantitative estimate of drug-likeness (QED) is 0.332. The van der Waals surface area contributed by atoms with Crippen LogP contribution in [0.4, 0.5) is 5.69 Å². The van der Waals surface area contributed by atoms with Gasteiger partial charge in [0.25, 0.3) is 0 Å². The lowest BCUT2D eigenvalue weighted by Gasteiger charge is -2.42. The Morgan fingerprint density at radius 3 is 2.33 bits per heavy atom. The minimum Gasteiger partial charge on any atom is -0.486 e. The Morgan fingerprint density at radius 2 is 1.70 bits per heavy atom. The molecule has 1 aromatic heterocycles. The van der Waals surface area contributed by atoms with Crippen molar-refractivity contribution in [3.05, 3.63) is 77.1 Å². The number of anilines is 1. The number of hydrogen-bond donors (Lipinski definition) is 1. The van der Waals surface area contributed by atoms with Crippen molar-refractivity contribution in [2.45, 2.75) is 97.1 Å². The average molecular weight is 587 g/mol. The largest absolute Gasteiger partial charge is 0.486 e. The fourth-order valence-corrected chi connectivity index (χ4v) is 6.34. The Balaban J connectivity index is 1.65. The molecule has 1 N–H and O–H groups in total. The molecular weight excluding hydrogens is 540 g/mol. The van der Waals surface area contributed by atoms with Crippen LogP contribution in [-0.2, 0) is 14.3 Å². The number of hydrogen-bond acceptors (Lipinski definition) is 6. The van der Waals surface area contributed by atoms with Crippen molar-refractivity contribution in [2.75, 3.05) is 24.6 Å². The van der Waals surface area contributed by atoms with Gasteiger partial charge in [0, 0.05) is 42.2 Å². The number of pyridine rings is 1. The van der Waals surface area contributed by atoms with Crippen LogP contribution in [0.25, 0.3) is 11.1 Å². The highest BCUT2D eigenvalue weighted by Crippen LogP contribution is 2.45. The van der Waals surface area contributed by atoms with Crippen LogP contribution < -0.4 is 9.64 Å². The topological polar surface area (TPSA) is 81.1 Å². The van der Waals surface area contributed by atoms with Crippen LogP contribution in [0.5, 0.6) is 5.75 Å². The van der Waals surface area contributed by atoms with Gasteiger partial charge in [0.2, 0.25) is 0 Å². The van der Waals surface area contributed by atoms with E-state index in [2.05, 4.69) is 48.2 Å². The van der Waals surface area contributed by atoms with Crippen LogP contribution in [-0.4, -0.2) is 47.0 Å². The highest BCUT2D eigenvalue weighted by atomic mass is 16.5. The van der Waals surface area contributed by atoms with Crippen LogP contribution in [0.2, 0.25) is 0 Å². The number of fused-ring (bicyclic) bond motifs is 2. The van der Waals surface area contributed by atoms with E-state index in [0.29, 0.717) is 17.9 Å². The van der Waals surface area contributed by atoms with E-state index in [-0.39, 0.29) is 11.7 Å². The van der Waals surface area contributed by atoms with Crippen LogP contribution in [0.1, 0.15) is 94.5 Å². The van der Waals surface area contributed by atoms with Gasteiger partial charge in [-0.25, -0.2) is 4.79 Å². The van der Waals surface area contributed by atoms with Gasteiger partial charge in [0.1, 0.15) is 11.9 Å². The minimum absolute atomic E-state index is 0.0592. The van der Waals surface area contributed by atoms with Crippen LogP contribution in [0, 0.1) is 13.8 Å². The maximum atomic E-state index is 12.8. The predicted molar refractivity (Wildman–Crippen MR) is 170 cm³/mol. The van der Waals surface area contributed by atoms with Crippen LogP contribution >= 0.6 is 0 Å². The van der Waals surface area contributed by atoms with Gasteiger partial charge in [-0.15, -0.1) is 0 Å². The molecule has 7 heteroatoms. The summed E-state index contributed by atoms with van der Waals surface area (Å²) < 4.78 is 19.3. The van der Waals surface area contributed by atoms with Crippen molar-refractivity contribution < 1.29 is 24.1 Å². The molecule has 0 spiro atoms. The van der Waals surface area contributed by atoms with Gasteiger partial charge >= 0.3 is 5.97 Å². The zero-order valence-corrected chi connectivity index (χ0v) is 26.5. The molecule has 2 unspecified atom stereocenters. The molecule has 2 aromatic carbocycles. The van der Waals surface area contributed by atoms with E-state index in [1.54, 1.807) is 0 Å². The molecule has 3 aromatic rings. The van der Waals surface area contributed by atoms with Crippen LogP contribution in [0.15, 0.2) is 54.6 Å². The van der Waals surface area contributed by atoms with Crippen molar-refractivity contribution in [3.63, 3.8) is 0 Å². The number of benzene rings is 2. The Morgan fingerprint density at radius 1 is 1.02 bits per heavy atom. The monoisotopic (exact) mass is 586 g/mol. The third kappa shape index (κ3) is 7.22. The average Bonchev–Trinajstić information content (AvgIpc) is 2.96. The zero-order chi connectivity index (χ0) is 30.8. The highest BCUT2D eigenvalue weighted by molar-refractivity contribution is 5.88. The van der Waals surface area contributed by atoms with Gasteiger partial charge in [0.05, 0.1) is 16.9 Å². The Hall–Kier alpha value is -3.42. The van der Waals surface area contributed by atoms with Crippen LogP contribution in [0.3, 0.4) is 0 Å². The smallest absolute Gasteiger partial charge is 0.337 e. The first kappa shape index (κ1) is 31.0. The molecule has 0 amide bonds. The standard InChI is InChI=1S/C36H46N2O5/c1-24-30-27-15-17-28(18-16-27)42-29(26-12-8-7-9-13-26)14-10-11-23-41-36(6)19-21-38(22-20-36)32(30)31(25(2)37-24)33(34(39)40)43-35(3,4)5/h7-9,12-13,15-18,29,33H,10-11,14,19-23H2,1-6H3,(H,39,40). The van der Waals surface area contributed by atoms with Gasteiger partial charge in [-0.2, -0.15) is 0 Å². The normalized spacial score (nSPS) is 22.0. The first-order chi connectivity index (χ1) is 20.4. The molecule has 0 saturated carbocycles. The molecule has 0 aliphatic carbocycles. The SMILES string of the molecule is Cc1nc(C)c(C(OC(C)(C)C)C(=O)O)c2c1-c1ccc(cc1)OC(c1ccccc1)CCCCOC1(C)CCN2CC1. The fraction of sp³-hybridized carbons (Fsp3) is 0.500. The maximum absolute atomic E-state index is 12.8. The first-order valence-corrected chi connectivity index (χ1v) is 15.6. The van der Waals surface area contributed by atoms with E-state index in [4.69, 9.17) is 19.2 Å². The summed E-state index contributed by atoms with van der Waals surface area (Å²) in [6.45, 7) is 14.0. The van der Waals surface area contributed by atoms with Crippen molar-refractivity contribution in [1.29, 1.82) is 0 Å². The summed E-state index contributed by atoms with van der Waals surface area (Å²) in [4.78, 5) is 20.0. The summed E-state index contributed by atoms with van der Waals surface area (Å²) >= 11 is 0. The number of nitrogens with zero attached hydrogens (tertiary/aromatic N) is 2. The molecule has 7 rings (SSSR count). The fourth-order valence-electron chi connectivity index (χ4n) is 6.34. The summed E-state index contributed by atoms with van der Waals surface area (Å²) in [7, 11) is 0. The second-order valence-electron chi connectivity index (χ2n) is 13.2. The maximum Gasteiger partial charge on any atom is 0.337 e. The summed E-state index contributed by atoms with van der Waals surface area (Å²) in [5.74, 6) is -0.221.